The zero-order valence-electron chi connectivity index (χ0n) is 13.2. The Bertz CT molecular complexity index is 783. The van der Waals surface area contributed by atoms with Crippen LogP contribution in [0.15, 0.2) is 30.3 Å². The summed E-state index contributed by atoms with van der Waals surface area (Å²) < 4.78 is 5.24. The van der Waals surface area contributed by atoms with Crippen molar-refractivity contribution in [1.82, 2.24) is 0 Å². The predicted molar refractivity (Wildman–Crippen MR) is 96.2 cm³/mol. The Hall–Kier alpha value is -2.24. The number of hydrogen-bond donors (Lipinski definition) is 2. The number of halogens is 2. The number of methoxy groups -OCH3 is 1. The van der Waals surface area contributed by atoms with E-state index in [1.807, 2.05) is 0 Å². The summed E-state index contributed by atoms with van der Waals surface area (Å²) in [6, 6.07) is 8.00. The average Bonchev–Trinajstić information content (AvgIpc) is 2.52. The minimum Gasteiger partial charge on any atom is -0.496 e. The summed E-state index contributed by atoms with van der Waals surface area (Å²) in [4.78, 5) is 23.8. The molecule has 0 radical (unpaired) electrons. The summed E-state index contributed by atoms with van der Waals surface area (Å²) in [5.41, 5.74) is 7.47. The predicted octanol–water partition coefficient (Wildman–Crippen LogP) is 3.97. The van der Waals surface area contributed by atoms with Gasteiger partial charge in [-0.15, -0.1) is 0 Å². The van der Waals surface area contributed by atoms with Crippen LogP contribution in [0.3, 0.4) is 0 Å². The van der Waals surface area contributed by atoms with Gasteiger partial charge >= 0.3 is 0 Å². The van der Waals surface area contributed by atoms with Gasteiger partial charge in [0.2, 0.25) is 5.91 Å². The second-order valence-corrected chi connectivity index (χ2v) is 5.98. The SMILES string of the molecule is COc1ccc(C(C)=O)cc1CC(=O)Nc1cc(Cl)c(N)c(Cl)c1. The lowest BCUT2D eigenvalue weighted by Gasteiger charge is -2.11. The molecule has 0 atom stereocenters. The molecule has 0 heterocycles. The van der Waals surface area contributed by atoms with Crippen LogP contribution in [0.4, 0.5) is 11.4 Å². The number of nitrogens with two attached hydrogens (primary N) is 1. The molecule has 24 heavy (non-hydrogen) atoms. The molecular weight excluding hydrogens is 351 g/mol. The molecule has 3 N–H and O–H groups in total. The fraction of sp³-hybridized carbons (Fsp3) is 0.176. The molecule has 2 aromatic carbocycles. The van der Waals surface area contributed by atoms with Gasteiger partial charge in [0.15, 0.2) is 5.78 Å². The van der Waals surface area contributed by atoms with Gasteiger partial charge in [0.1, 0.15) is 5.75 Å². The summed E-state index contributed by atoms with van der Waals surface area (Å²) in [5, 5.41) is 3.21. The van der Waals surface area contributed by atoms with Crippen LogP contribution in [-0.4, -0.2) is 18.8 Å². The molecule has 2 aromatic rings. The first kappa shape index (κ1) is 18.1. The summed E-state index contributed by atoms with van der Waals surface area (Å²) in [6.45, 7) is 1.46. The van der Waals surface area contributed by atoms with E-state index in [0.717, 1.165) is 0 Å². The second-order valence-electron chi connectivity index (χ2n) is 5.16. The van der Waals surface area contributed by atoms with Crippen molar-refractivity contribution in [3.8, 4) is 5.75 Å². The van der Waals surface area contributed by atoms with E-state index in [0.29, 0.717) is 22.6 Å². The van der Waals surface area contributed by atoms with Crippen LogP contribution in [0.1, 0.15) is 22.8 Å². The molecule has 0 unspecified atom stereocenters. The average molecular weight is 367 g/mol. The minimum absolute atomic E-state index is 0.0317. The monoisotopic (exact) mass is 366 g/mol. The molecule has 7 heteroatoms. The van der Waals surface area contributed by atoms with E-state index in [2.05, 4.69) is 5.32 Å². The van der Waals surface area contributed by atoms with Crippen LogP contribution >= 0.6 is 23.2 Å². The number of rotatable bonds is 5. The maximum absolute atomic E-state index is 12.3. The third kappa shape index (κ3) is 4.19. The van der Waals surface area contributed by atoms with Crippen molar-refractivity contribution in [2.24, 2.45) is 0 Å². The lowest BCUT2D eigenvalue weighted by atomic mass is 10.0. The van der Waals surface area contributed by atoms with Crippen molar-refractivity contribution in [2.75, 3.05) is 18.2 Å². The van der Waals surface area contributed by atoms with Crippen LogP contribution in [0.2, 0.25) is 10.0 Å². The van der Waals surface area contributed by atoms with Gasteiger partial charge in [-0.2, -0.15) is 0 Å². The second kappa shape index (κ2) is 7.55. The lowest BCUT2D eigenvalue weighted by molar-refractivity contribution is -0.115. The van der Waals surface area contributed by atoms with Crippen molar-refractivity contribution in [3.05, 3.63) is 51.5 Å². The lowest BCUT2D eigenvalue weighted by Crippen LogP contribution is -2.15. The third-order valence-corrected chi connectivity index (χ3v) is 4.03. The maximum atomic E-state index is 12.3. The van der Waals surface area contributed by atoms with Gasteiger partial charge in [-0.3, -0.25) is 9.59 Å². The molecule has 0 saturated carbocycles. The first-order chi connectivity index (χ1) is 11.3. The molecule has 0 fully saturated rings. The fourth-order valence-corrected chi connectivity index (χ4v) is 2.66. The topological polar surface area (TPSA) is 81.4 Å². The zero-order valence-corrected chi connectivity index (χ0v) is 14.7. The first-order valence-corrected chi connectivity index (χ1v) is 7.79. The van der Waals surface area contributed by atoms with Crippen molar-refractivity contribution in [2.45, 2.75) is 13.3 Å². The van der Waals surface area contributed by atoms with Crippen molar-refractivity contribution >= 4 is 46.3 Å². The molecule has 2 rings (SSSR count). The first-order valence-electron chi connectivity index (χ1n) is 7.04. The number of hydrogen-bond acceptors (Lipinski definition) is 4. The number of ketones is 1. The van der Waals surface area contributed by atoms with Gasteiger partial charge in [0.05, 0.1) is 29.3 Å². The number of carbonyl (C=O) groups excluding carboxylic acids is 2. The van der Waals surface area contributed by atoms with Crippen LogP contribution in [0.25, 0.3) is 0 Å². The molecule has 1 amide bonds. The van der Waals surface area contributed by atoms with E-state index in [1.165, 1.54) is 26.2 Å². The number of nitrogen functional groups attached to an aromatic ring is 1. The largest absolute Gasteiger partial charge is 0.496 e. The number of nitrogens with one attached hydrogen (secondary N) is 1. The number of anilines is 2. The van der Waals surface area contributed by atoms with E-state index in [4.69, 9.17) is 33.7 Å². The minimum atomic E-state index is -0.300. The normalized spacial score (nSPS) is 10.3. The van der Waals surface area contributed by atoms with Gasteiger partial charge in [0.25, 0.3) is 0 Å². The Kier molecular flexibility index (Phi) is 5.70. The van der Waals surface area contributed by atoms with Crippen LogP contribution in [-0.2, 0) is 11.2 Å². The van der Waals surface area contributed by atoms with Gasteiger partial charge in [-0.05, 0) is 37.3 Å². The summed E-state index contributed by atoms with van der Waals surface area (Å²) in [5.74, 6) is 0.144. The number of Topliss-reactive ketones (excluding diaryl/α,β-unsaturated/α-hetero) is 1. The van der Waals surface area contributed by atoms with Crippen molar-refractivity contribution in [1.29, 1.82) is 0 Å². The van der Waals surface area contributed by atoms with Gasteiger partial charge < -0.3 is 15.8 Å². The maximum Gasteiger partial charge on any atom is 0.228 e. The Morgan fingerprint density at radius 1 is 1.17 bits per heavy atom. The highest BCUT2D eigenvalue weighted by molar-refractivity contribution is 6.39. The molecule has 0 aliphatic carbocycles. The highest BCUT2D eigenvalue weighted by Gasteiger charge is 2.13. The smallest absolute Gasteiger partial charge is 0.228 e. The van der Waals surface area contributed by atoms with E-state index in [1.54, 1.807) is 18.2 Å². The van der Waals surface area contributed by atoms with Gasteiger partial charge in [-0.25, -0.2) is 0 Å². The standard InChI is InChI=1S/C17H16Cl2N2O3/c1-9(22)10-3-4-15(24-2)11(5-10)6-16(23)21-12-7-13(18)17(20)14(19)8-12/h3-5,7-8H,6,20H2,1-2H3,(H,21,23). The molecule has 0 bridgehead atoms. The third-order valence-electron chi connectivity index (χ3n) is 3.40. The Morgan fingerprint density at radius 2 is 1.79 bits per heavy atom. The van der Waals surface area contributed by atoms with Crippen molar-refractivity contribution in [3.63, 3.8) is 0 Å². The van der Waals surface area contributed by atoms with Crippen LogP contribution in [0.5, 0.6) is 5.75 Å². The molecule has 0 spiro atoms. The van der Waals surface area contributed by atoms with E-state index >= 15 is 0 Å². The highest BCUT2D eigenvalue weighted by Crippen LogP contribution is 2.31. The van der Waals surface area contributed by atoms with Crippen LogP contribution in [0, 0.1) is 0 Å². The Labute approximate surface area is 149 Å². The molecular formula is C17H16Cl2N2O3. The summed E-state index contributed by atoms with van der Waals surface area (Å²) in [7, 11) is 1.50. The fourth-order valence-electron chi connectivity index (χ4n) is 2.17. The number of carbonyl (C=O) groups is 2. The Morgan fingerprint density at radius 3 is 2.33 bits per heavy atom. The molecule has 0 aliphatic heterocycles. The van der Waals surface area contributed by atoms with E-state index in [9.17, 15) is 9.59 Å². The summed E-state index contributed by atoms with van der Waals surface area (Å²) in [6.07, 6.45) is 0.0317. The molecule has 0 saturated heterocycles. The van der Waals surface area contributed by atoms with Crippen LogP contribution < -0.4 is 15.8 Å². The van der Waals surface area contributed by atoms with Gasteiger partial charge in [-0.1, -0.05) is 23.2 Å². The zero-order chi connectivity index (χ0) is 17.9. The van der Waals surface area contributed by atoms with E-state index in [-0.39, 0.29) is 33.8 Å². The number of ether oxygens (including phenoxy) is 1. The quantitative estimate of drug-likeness (QED) is 0.619. The molecule has 5 nitrogen and oxygen atoms in total. The van der Waals surface area contributed by atoms with E-state index < -0.39 is 0 Å². The highest BCUT2D eigenvalue weighted by atomic mass is 35.5. The molecule has 0 aromatic heterocycles. The number of amides is 1. The Balaban J connectivity index is 2.20. The van der Waals surface area contributed by atoms with Crippen molar-refractivity contribution < 1.29 is 14.3 Å². The van der Waals surface area contributed by atoms with Gasteiger partial charge in [0, 0.05) is 16.8 Å². The molecule has 126 valence electrons. The number of benzene rings is 2. The summed E-state index contributed by atoms with van der Waals surface area (Å²) >= 11 is 11.9. The molecule has 0 aliphatic rings.